The first-order chi connectivity index (χ1) is 6.65. The summed E-state index contributed by atoms with van der Waals surface area (Å²) in [6.07, 6.45) is 0.786. The van der Waals surface area contributed by atoms with Crippen LogP contribution in [0.5, 0.6) is 0 Å². The van der Waals surface area contributed by atoms with Gasteiger partial charge in [-0.3, -0.25) is 0 Å². The number of hydrogen-bond donors (Lipinski definition) is 1. The van der Waals surface area contributed by atoms with Crippen molar-refractivity contribution in [1.29, 1.82) is 0 Å². The smallest absolute Gasteiger partial charge is 0.126 e. The summed E-state index contributed by atoms with van der Waals surface area (Å²) >= 11 is 0. The maximum absolute atomic E-state index is 13.3. The van der Waals surface area contributed by atoms with Gasteiger partial charge in [-0.2, -0.15) is 0 Å². The van der Waals surface area contributed by atoms with Gasteiger partial charge in [0.1, 0.15) is 5.82 Å². The monoisotopic (exact) mass is 195 g/mol. The van der Waals surface area contributed by atoms with Crippen LogP contribution in [0.4, 0.5) is 4.39 Å². The van der Waals surface area contributed by atoms with Gasteiger partial charge in [0.2, 0.25) is 0 Å². The van der Waals surface area contributed by atoms with Crippen molar-refractivity contribution in [3.8, 4) is 0 Å². The Kier molecular flexibility index (Phi) is 4.08. The molecule has 0 saturated carbocycles. The molecule has 0 aromatic heterocycles. The molecular weight excluding hydrogens is 177 g/mol. The number of benzene rings is 1. The van der Waals surface area contributed by atoms with E-state index in [2.05, 4.69) is 19.2 Å². The molecule has 2 heteroatoms. The molecule has 0 aliphatic carbocycles. The Balaban J connectivity index is 2.64. The summed E-state index contributed by atoms with van der Waals surface area (Å²) in [5, 5.41) is 3.18. The van der Waals surface area contributed by atoms with E-state index in [0.29, 0.717) is 12.0 Å². The first kappa shape index (κ1) is 11.2. The number of halogens is 1. The summed E-state index contributed by atoms with van der Waals surface area (Å²) in [5.41, 5.74) is 0.808. The van der Waals surface area contributed by atoms with Crippen LogP contribution >= 0.6 is 0 Å². The molecule has 14 heavy (non-hydrogen) atoms. The fraction of sp³-hybridized carbons (Fsp3) is 0.500. The predicted molar refractivity (Wildman–Crippen MR) is 57.8 cm³/mol. The van der Waals surface area contributed by atoms with E-state index in [9.17, 15) is 4.39 Å². The van der Waals surface area contributed by atoms with E-state index in [1.54, 1.807) is 6.07 Å². The summed E-state index contributed by atoms with van der Waals surface area (Å²) in [7, 11) is 1.93. The van der Waals surface area contributed by atoms with Gasteiger partial charge in [0.25, 0.3) is 0 Å². The highest BCUT2D eigenvalue weighted by atomic mass is 19.1. The first-order valence-electron chi connectivity index (χ1n) is 5.05. The average molecular weight is 195 g/mol. The van der Waals surface area contributed by atoms with Crippen LogP contribution in [-0.2, 0) is 6.42 Å². The summed E-state index contributed by atoms with van der Waals surface area (Å²) in [5.74, 6) is 0.347. The molecule has 2 unspecified atom stereocenters. The summed E-state index contributed by atoms with van der Waals surface area (Å²) in [6, 6.07) is 7.40. The summed E-state index contributed by atoms with van der Waals surface area (Å²) in [6.45, 7) is 4.25. The number of rotatable bonds is 4. The van der Waals surface area contributed by atoms with E-state index in [0.717, 1.165) is 12.0 Å². The molecule has 1 N–H and O–H groups in total. The third-order valence-corrected chi connectivity index (χ3v) is 2.81. The molecule has 0 spiro atoms. The number of hydrogen-bond acceptors (Lipinski definition) is 1. The van der Waals surface area contributed by atoms with Gasteiger partial charge in [-0.15, -0.1) is 0 Å². The molecule has 2 atom stereocenters. The van der Waals surface area contributed by atoms with Crippen LogP contribution < -0.4 is 5.32 Å². The van der Waals surface area contributed by atoms with Crippen molar-refractivity contribution >= 4 is 0 Å². The molecule has 1 rings (SSSR count). The van der Waals surface area contributed by atoms with E-state index in [1.807, 2.05) is 19.2 Å². The van der Waals surface area contributed by atoms with Crippen LogP contribution in [0, 0.1) is 11.7 Å². The van der Waals surface area contributed by atoms with Crippen molar-refractivity contribution in [3.05, 3.63) is 35.6 Å². The number of nitrogens with one attached hydrogen (secondary N) is 1. The lowest BCUT2D eigenvalue weighted by atomic mass is 9.95. The van der Waals surface area contributed by atoms with Gasteiger partial charge in [-0.1, -0.05) is 25.1 Å². The van der Waals surface area contributed by atoms with E-state index in [1.165, 1.54) is 6.07 Å². The van der Waals surface area contributed by atoms with Gasteiger partial charge in [-0.25, -0.2) is 4.39 Å². The highest BCUT2D eigenvalue weighted by Crippen LogP contribution is 2.14. The molecule has 0 aliphatic rings. The van der Waals surface area contributed by atoms with E-state index >= 15 is 0 Å². The minimum absolute atomic E-state index is 0.0948. The zero-order valence-electron chi connectivity index (χ0n) is 9.05. The van der Waals surface area contributed by atoms with Crippen molar-refractivity contribution in [1.82, 2.24) is 5.32 Å². The van der Waals surface area contributed by atoms with E-state index < -0.39 is 0 Å². The maximum atomic E-state index is 13.3. The van der Waals surface area contributed by atoms with Crippen LogP contribution in [0.2, 0.25) is 0 Å². The molecule has 1 aromatic carbocycles. The third-order valence-electron chi connectivity index (χ3n) is 2.81. The molecule has 78 valence electrons. The Morgan fingerprint density at radius 2 is 1.93 bits per heavy atom. The molecule has 1 aromatic rings. The fourth-order valence-corrected chi connectivity index (χ4v) is 1.47. The van der Waals surface area contributed by atoms with Gasteiger partial charge < -0.3 is 5.32 Å². The lowest BCUT2D eigenvalue weighted by Crippen LogP contribution is -2.30. The standard InChI is InChI=1S/C12H18FN/c1-9(10(2)14-3)8-11-6-4-5-7-12(11)13/h4-7,9-10,14H,8H2,1-3H3. The Morgan fingerprint density at radius 1 is 1.29 bits per heavy atom. The zero-order valence-corrected chi connectivity index (χ0v) is 9.05. The van der Waals surface area contributed by atoms with Gasteiger partial charge in [-0.05, 0) is 37.9 Å². The van der Waals surface area contributed by atoms with Crippen LogP contribution in [0.25, 0.3) is 0 Å². The maximum Gasteiger partial charge on any atom is 0.126 e. The Morgan fingerprint density at radius 3 is 2.50 bits per heavy atom. The molecule has 1 nitrogen and oxygen atoms in total. The van der Waals surface area contributed by atoms with Crippen molar-refractivity contribution in [2.24, 2.45) is 5.92 Å². The molecule has 0 heterocycles. The molecule has 0 saturated heterocycles. The normalized spacial score (nSPS) is 15.1. The van der Waals surface area contributed by atoms with Gasteiger partial charge in [0.05, 0.1) is 0 Å². The lowest BCUT2D eigenvalue weighted by Gasteiger charge is -2.19. The first-order valence-corrected chi connectivity index (χ1v) is 5.05. The molecule has 0 aliphatic heterocycles. The van der Waals surface area contributed by atoms with Gasteiger partial charge >= 0.3 is 0 Å². The average Bonchev–Trinajstić information content (AvgIpc) is 2.20. The molecule has 0 bridgehead atoms. The van der Waals surface area contributed by atoms with E-state index in [-0.39, 0.29) is 5.82 Å². The fourth-order valence-electron chi connectivity index (χ4n) is 1.47. The molecule has 0 amide bonds. The van der Waals surface area contributed by atoms with Crippen LogP contribution in [0.15, 0.2) is 24.3 Å². The minimum atomic E-state index is -0.0948. The lowest BCUT2D eigenvalue weighted by molar-refractivity contribution is 0.417. The topological polar surface area (TPSA) is 12.0 Å². The molecule has 0 fully saturated rings. The summed E-state index contributed by atoms with van der Waals surface area (Å²) < 4.78 is 13.3. The Hall–Kier alpha value is -0.890. The van der Waals surface area contributed by atoms with Crippen molar-refractivity contribution in [2.45, 2.75) is 26.3 Å². The quantitative estimate of drug-likeness (QED) is 0.778. The van der Waals surface area contributed by atoms with Crippen LogP contribution in [0.1, 0.15) is 19.4 Å². The van der Waals surface area contributed by atoms with Crippen molar-refractivity contribution < 1.29 is 4.39 Å². The second kappa shape index (κ2) is 5.11. The Labute approximate surface area is 85.3 Å². The summed E-state index contributed by atoms with van der Waals surface area (Å²) in [4.78, 5) is 0. The highest BCUT2D eigenvalue weighted by Gasteiger charge is 2.12. The van der Waals surface area contributed by atoms with Crippen molar-refractivity contribution in [2.75, 3.05) is 7.05 Å². The molecule has 0 radical (unpaired) electrons. The van der Waals surface area contributed by atoms with Gasteiger partial charge in [0, 0.05) is 6.04 Å². The van der Waals surface area contributed by atoms with Crippen LogP contribution in [0.3, 0.4) is 0 Å². The second-order valence-electron chi connectivity index (χ2n) is 3.85. The van der Waals surface area contributed by atoms with E-state index in [4.69, 9.17) is 0 Å². The second-order valence-corrected chi connectivity index (χ2v) is 3.85. The zero-order chi connectivity index (χ0) is 10.6. The predicted octanol–water partition coefficient (Wildman–Crippen LogP) is 2.61. The minimum Gasteiger partial charge on any atom is -0.317 e. The Bertz CT molecular complexity index is 285. The largest absolute Gasteiger partial charge is 0.317 e. The highest BCUT2D eigenvalue weighted by molar-refractivity contribution is 5.17. The van der Waals surface area contributed by atoms with Crippen LogP contribution in [-0.4, -0.2) is 13.1 Å². The third kappa shape index (κ3) is 2.81. The van der Waals surface area contributed by atoms with Gasteiger partial charge in [0.15, 0.2) is 0 Å². The molecular formula is C12H18FN. The SMILES string of the molecule is CNC(C)C(C)Cc1ccccc1F. The van der Waals surface area contributed by atoms with Crippen molar-refractivity contribution in [3.63, 3.8) is 0 Å².